The standard InChI is InChI=1S/C29H46N6O7.3Rb/c1-21(22(2)36)7-4-5-13-33-29(41)34-14-6-17-42-18-16-32-27(39)20-28(40)35-24-10-8-23(9-11-24)19-26(38)31-15-12-25(37)30-3;;;/h8-11,21H,4-7,12-20H2,1-3H3,(H6,30,31,32,33,34,35,37,38,39,40,41);;;/q;3*+1/p-3. The number of carbonyl (C=O) groups excluding carboxylic acids is 6. The molecule has 45 heavy (non-hydrogen) atoms. The number of urea groups is 1. The van der Waals surface area contributed by atoms with Gasteiger partial charge in [0, 0.05) is 45.6 Å². The number of Topliss-reactive ketones (excluding diaryl/α,β-unsaturated/α-hetero) is 1. The van der Waals surface area contributed by atoms with Crippen molar-refractivity contribution < 1.29 is 208 Å². The van der Waals surface area contributed by atoms with Gasteiger partial charge in [-0.15, -0.1) is 12.2 Å². The van der Waals surface area contributed by atoms with Crippen LogP contribution in [0.25, 0.3) is 16.0 Å². The zero-order valence-electron chi connectivity index (χ0n) is 27.8. The topological polar surface area (TPSA) is 190 Å². The molecule has 3 N–H and O–H groups in total. The van der Waals surface area contributed by atoms with Crippen molar-refractivity contribution in [3.63, 3.8) is 0 Å². The number of ether oxygens (including phenoxy) is 1. The molecule has 0 spiro atoms. The molecule has 0 fully saturated rings. The summed E-state index contributed by atoms with van der Waals surface area (Å²) < 4.78 is 5.38. The third-order valence-corrected chi connectivity index (χ3v) is 6.07. The van der Waals surface area contributed by atoms with Crippen LogP contribution >= 0.6 is 0 Å². The monoisotopic (exact) mass is 842 g/mol. The van der Waals surface area contributed by atoms with Gasteiger partial charge in [0.15, 0.2) is 6.03 Å². The summed E-state index contributed by atoms with van der Waals surface area (Å²) in [7, 11) is 1.53. The second-order valence-electron chi connectivity index (χ2n) is 9.66. The van der Waals surface area contributed by atoms with Gasteiger partial charge in [-0.1, -0.05) is 50.6 Å². The Labute approximate surface area is 413 Å². The predicted octanol–water partition coefficient (Wildman–Crippen LogP) is -5.80. The minimum atomic E-state index is -0.630. The zero-order chi connectivity index (χ0) is 31.2. The van der Waals surface area contributed by atoms with Gasteiger partial charge >= 0.3 is 175 Å². The van der Waals surface area contributed by atoms with Crippen LogP contribution in [0, 0.1) is 5.92 Å². The van der Waals surface area contributed by atoms with Gasteiger partial charge in [0.05, 0.1) is 18.2 Å². The first-order chi connectivity index (χ1) is 20.1. The first-order valence-corrected chi connectivity index (χ1v) is 14.1. The van der Waals surface area contributed by atoms with Gasteiger partial charge in [-0.2, -0.15) is 0 Å². The Morgan fingerprint density at radius 1 is 0.800 bits per heavy atom. The van der Waals surface area contributed by atoms with E-state index in [0.717, 1.165) is 19.3 Å². The predicted molar refractivity (Wildman–Crippen MR) is 158 cm³/mol. The zero-order valence-corrected chi connectivity index (χ0v) is 42.5. The number of hydrogen-bond donors (Lipinski definition) is 3. The van der Waals surface area contributed by atoms with Gasteiger partial charge in [-0.3, -0.25) is 19.2 Å². The summed E-state index contributed by atoms with van der Waals surface area (Å²) in [5.74, 6) is -1.39. The molecule has 0 radical (unpaired) electrons. The smallest absolute Gasteiger partial charge is 0.651 e. The van der Waals surface area contributed by atoms with E-state index in [1.54, 1.807) is 31.2 Å². The molecule has 6 amide bonds. The van der Waals surface area contributed by atoms with E-state index in [2.05, 4.69) is 31.9 Å². The van der Waals surface area contributed by atoms with E-state index in [0.29, 0.717) is 37.4 Å². The van der Waals surface area contributed by atoms with Gasteiger partial charge in [-0.05, 0) is 31.9 Å². The molecule has 234 valence electrons. The minimum Gasteiger partial charge on any atom is -0.651 e. The van der Waals surface area contributed by atoms with Crippen LogP contribution in [0.2, 0.25) is 0 Å². The third-order valence-electron chi connectivity index (χ3n) is 6.07. The fourth-order valence-electron chi connectivity index (χ4n) is 3.46. The molecule has 0 aromatic heterocycles. The number of carbonyl (C=O) groups is 6. The van der Waals surface area contributed by atoms with Crippen LogP contribution in [0.15, 0.2) is 24.3 Å². The summed E-state index contributed by atoms with van der Waals surface area (Å²) in [6.45, 7) is 5.21. The summed E-state index contributed by atoms with van der Waals surface area (Å²) in [4.78, 5) is 70.0. The molecule has 0 saturated carbocycles. The summed E-state index contributed by atoms with van der Waals surface area (Å²) in [5.41, 5.74) is 1.07. The van der Waals surface area contributed by atoms with Gasteiger partial charge in [0.1, 0.15) is 5.78 Å². The fraction of sp³-hybridized carbons (Fsp3) is 0.586. The van der Waals surface area contributed by atoms with Crippen molar-refractivity contribution in [2.45, 2.75) is 58.8 Å². The average molecular weight is 844 g/mol. The van der Waals surface area contributed by atoms with Gasteiger partial charge < -0.3 is 46.2 Å². The Morgan fingerprint density at radius 2 is 1.49 bits per heavy atom. The summed E-state index contributed by atoms with van der Waals surface area (Å²) in [6.07, 6.45) is 2.87. The van der Waals surface area contributed by atoms with Crippen molar-refractivity contribution in [3.8, 4) is 0 Å². The number of benzene rings is 1. The van der Waals surface area contributed by atoms with Gasteiger partial charge in [0.25, 0.3) is 0 Å². The molecule has 0 aliphatic carbocycles. The van der Waals surface area contributed by atoms with E-state index in [1.165, 1.54) is 7.05 Å². The molecular weight excluding hydrogens is 801 g/mol. The summed E-state index contributed by atoms with van der Waals surface area (Å²) >= 11 is 0. The van der Waals surface area contributed by atoms with Crippen LogP contribution in [-0.2, 0) is 35.1 Å². The molecule has 0 aliphatic heterocycles. The van der Waals surface area contributed by atoms with Crippen molar-refractivity contribution in [1.82, 2.24) is 16.0 Å². The number of nitrogens with one attached hydrogen (secondary N) is 3. The van der Waals surface area contributed by atoms with E-state index >= 15 is 0 Å². The average Bonchev–Trinajstić information content (AvgIpc) is 2.94. The van der Waals surface area contributed by atoms with E-state index < -0.39 is 18.2 Å². The maximum atomic E-state index is 12.1. The second kappa shape index (κ2) is 32.6. The molecule has 1 unspecified atom stereocenters. The van der Waals surface area contributed by atoms with Crippen molar-refractivity contribution in [1.29, 1.82) is 0 Å². The number of rotatable bonds is 21. The molecule has 0 bridgehead atoms. The van der Waals surface area contributed by atoms with Gasteiger partial charge in [0.2, 0.25) is 11.8 Å². The molecule has 1 rings (SSSR count). The number of hydrogen-bond acceptors (Lipinski definition) is 7. The van der Waals surface area contributed by atoms with Crippen LogP contribution in [0.3, 0.4) is 0 Å². The third kappa shape index (κ3) is 28.9. The molecule has 0 saturated heterocycles. The van der Waals surface area contributed by atoms with Crippen molar-refractivity contribution in [2.24, 2.45) is 5.92 Å². The Morgan fingerprint density at radius 3 is 2.13 bits per heavy atom. The Kier molecular flexibility index (Phi) is 36.8. The molecule has 1 atom stereocenters. The first-order valence-electron chi connectivity index (χ1n) is 14.1. The summed E-state index contributed by atoms with van der Waals surface area (Å²) in [5, 5.41) is 19.4. The molecular formula is C29H43N6O7Rb3. The molecule has 0 aliphatic rings. The second-order valence-corrected chi connectivity index (χ2v) is 9.66. The van der Waals surface area contributed by atoms with Crippen LogP contribution in [-0.4, -0.2) is 81.9 Å². The molecule has 16 heteroatoms. The fourth-order valence-corrected chi connectivity index (χ4v) is 3.46. The van der Waals surface area contributed by atoms with Crippen molar-refractivity contribution in [3.05, 3.63) is 45.8 Å². The van der Waals surface area contributed by atoms with Crippen LogP contribution in [0.5, 0.6) is 0 Å². The maximum Gasteiger partial charge on any atom is 1.00 e. The largest absolute Gasteiger partial charge is 1.00 e. The Balaban J connectivity index is -0.00000588. The minimum absolute atomic E-state index is 0. The van der Waals surface area contributed by atoms with E-state index in [-0.39, 0.29) is 237 Å². The quantitative estimate of drug-likeness (QED) is 0.0812. The molecule has 0 heterocycles. The molecule has 1 aromatic carbocycles. The molecule has 13 nitrogen and oxygen atoms in total. The van der Waals surface area contributed by atoms with E-state index in [9.17, 15) is 28.8 Å². The Hall–Kier alpha value is 1.42. The van der Waals surface area contributed by atoms with Crippen molar-refractivity contribution in [2.75, 3.05) is 46.4 Å². The van der Waals surface area contributed by atoms with Crippen LogP contribution in [0.1, 0.15) is 57.9 Å². The van der Waals surface area contributed by atoms with Crippen LogP contribution in [0.4, 0.5) is 10.5 Å². The number of nitrogens with zero attached hydrogens (tertiary/aromatic N) is 3. The van der Waals surface area contributed by atoms with E-state index in [1.807, 2.05) is 6.92 Å². The maximum absolute atomic E-state index is 12.1. The number of ketones is 1. The normalized spacial score (nSPS) is 10.4. The first kappa shape index (κ1) is 50.8. The van der Waals surface area contributed by atoms with Crippen LogP contribution < -0.4 is 191 Å². The van der Waals surface area contributed by atoms with Crippen molar-refractivity contribution >= 4 is 41.1 Å². The summed E-state index contributed by atoms with van der Waals surface area (Å²) in [6, 6.07) is 6.11. The Bertz CT molecular complexity index is 1030. The van der Waals surface area contributed by atoms with Gasteiger partial charge in [-0.25, -0.2) is 0 Å². The molecule has 1 aromatic rings. The number of amides is 6. The SMILES string of the molecule is CNC(=O)CCNC(=O)Cc1ccc([N-]C(=O)CC(=O)[N-]CCOCCC[N-]C(=O)NCCCCC(C)C(C)=O)cc1.[Rb+].[Rb+].[Rb+]. The number of unbranched alkanes of at least 4 members (excludes halogenated alkanes) is 1. The van der Waals surface area contributed by atoms with E-state index in [4.69, 9.17) is 4.74 Å².